The van der Waals surface area contributed by atoms with Crippen molar-refractivity contribution >= 4 is 39.3 Å². The second-order valence-electron chi connectivity index (χ2n) is 7.88. The van der Waals surface area contributed by atoms with Gasteiger partial charge in [-0.3, -0.25) is 4.79 Å². The van der Waals surface area contributed by atoms with Crippen LogP contribution in [0.1, 0.15) is 23.3 Å². The van der Waals surface area contributed by atoms with Crippen molar-refractivity contribution in [2.75, 3.05) is 36.5 Å². The Morgan fingerprint density at radius 3 is 2.74 bits per heavy atom. The van der Waals surface area contributed by atoms with E-state index in [4.69, 9.17) is 19.4 Å². The molecule has 162 valence electrons. The number of hydrogen-bond donors (Lipinski definition) is 2. The average molecular weight is 441 g/mol. The molecule has 0 unspecified atom stereocenters. The zero-order valence-corrected chi connectivity index (χ0v) is 18.1. The molecule has 0 atom stereocenters. The van der Waals surface area contributed by atoms with Crippen LogP contribution in [0, 0.1) is 12.8 Å². The first-order chi connectivity index (χ1) is 15.1. The molecule has 5 rings (SSSR count). The highest BCUT2D eigenvalue weighted by atomic mass is 32.1. The van der Waals surface area contributed by atoms with Gasteiger partial charge in [-0.25, -0.2) is 4.98 Å². The van der Waals surface area contributed by atoms with Crippen molar-refractivity contribution in [2.24, 2.45) is 5.92 Å². The van der Waals surface area contributed by atoms with Crippen LogP contribution in [0.15, 0.2) is 24.3 Å². The molecule has 3 aromatic rings. The van der Waals surface area contributed by atoms with Crippen LogP contribution in [-0.4, -0.2) is 47.3 Å². The summed E-state index contributed by atoms with van der Waals surface area (Å²) >= 11 is 1.64. The van der Waals surface area contributed by atoms with Crippen LogP contribution in [0.3, 0.4) is 0 Å². The third-order valence-corrected chi connectivity index (χ3v) is 6.64. The van der Waals surface area contributed by atoms with E-state index in [1.54, 1.807) is 11.3 Å². The molecule has 1 fully saturated rings. The minimum absolute atomic E-state index is 0.281. The van der Waals surface area contributed by atoms with Gasteiger partial charge in [-0.1, -0.05) is 6.07 Å². The quantitative estimate of drug-likeness (QED) is 0.620. The van der Waals surface area contributed by atoms with Gasteiger partial charge >= 0.3 is 5.97 Å². The number of hydrogen-bond acceptors (Lipinski definition) is 8. The van der Waals surface area contributed by atoms with Crippen LogP contribution in [0.5, 0.6) is 11.5 Å². The molecule has 2 aromatic heterocycles. The predicted molar refractivity (Wildman–Crippen MR) is 119 cm³/mol. The molecule has 4 heterocycles. The summed E-state index contributed by atoms with van der Waals surface area (Å²) in [6.07, 6.45) is 1.22. The van der Waals surface area contributed by atoms with E-state index in [1.807, 2.05) is 18.2 Å². The predicted octanol–water partition coefficient (Wildman–Crippen LogP) is 3.68. The van der Waals surface area contributed by atoms with Crippen molar-refractivity contribution in [3.8, 4) is 11.5 Å². The number of piperidine rings is 1. The lowest BCUT2D eigenvalue weighted by Crippen LogP contribution is -2.37. The number of rotatable bonds is 5. The molecule has 1 saturated heterocycles. The van der Waals surface area contributed by atoms with Gasteiger partial charge in [0, 0.05) is 24.5 Å². The average Bonchev–Trinajstić information content (AvgIpc) is 3.17. The van der Waals surface area contributed by atoms with Crippen molar-refractivity contribution in [3.63, 3.8) is 0 Å². The number of ether oxygens (including phenoxy) is 2. The van der Waals surface area contributed by atoms with Crippen LogP contribution in [0.4, 0.5) is 11.8 Å². The maximum absolute atomic E-state index is 11.3. The molecule has 0 spiro atoms. The first kappa shape index (κ1) is 19.9. The third-order valence-electron chi connectivity index (χ3n) is 5.70. The Kier molecular flexibility index (Phi) is 5.27. The van der Waals surface area contributed by atoms with Gasteiger partial charge < -0.3 is 24.8 Å². The number of aliphatic carboxylic acids is 1. The highest BCUT2D eigenvalue weighted by Crippen LogP contribution is 2.33. The number of fused-ring (bicyclic) bond motifs is 2. The summed E-state index contributed by atoms with van der Waals surface area (Å²) in [7, 11) is 0. The molecule has 2 aliphatic heterocycles. The van der Waals surface area contributed by atoms with Gasteiger partial charge in [0.05, 0.1) is 11.3 Å². The van der Waals surface area contributed by atoms with E-state index in [0.717, 1.165) is 33.1 Å². The molecule has 9 heteroatoms. The number of nitrogens with one attached hydrogen (secondary N) is 1. The molecular formula is C22H24N4O4S. The number of aromatic nitrogens is 2. The van der Waals surface area contributed by atoms with E-state index in [0.29, 0.717) is 51.6 Å². The monoisotopic (exact) mass is 440 g/mol. The number of nitrogens with zero attached hydrogens (tertiary/aromatic N) is 3. The van der Waals surface area contributed by atoms with Crippen molar-refractivity contribution < 1.29 is 19.4 Å². The van der Waals surface area contributed by atoms with Crippen molar-refractivity contribution in [3.05, 3.63) is 34.7 Å². The summed E-state index contributed by atoms with van der Waals surface area (Å²) in [4.78, 5) is 25.1. The maximum atomic E-state index is 11.3. The summed E-state index contributed by atoms with van der Waals surface area (Å²) in [5, 5.41) is 13.7. The molecule has 0 radical (unpaired) electrons. The van der Waals surface area contributed by atoms with Gasteiger partial charge in [0.2, 0.25) is 5.95 Å². The number of carboxylic acid groups (broad SMARTS) is 1. The van der Waals surface area contributed by atoms with Gasteiger partial charge in [-0.15, -0.1) is 11.3 Å². The summed E-state index contributed by atoms with van der Waals surface area (Å²) < 4.78 is 11.3. The second kappa shape index (κ2) is 8.22. The Morgan fingerprint density at radius 2 is 1.97 bits per heavy atom. The maximum Gasteiger partial charge on any atom is 0.306 e. The normalized spacial score (nSPS) is 16.5. The molecule has 31 heavy (non-hydrogen) atoms. The van der Waals surface area contributed by atoms with E-state index in [2.05, 4.69) is 23.2 Å². The topological polar surface area (TPSA) is 96.8 Å². The number of anilines is 2. The molecule has 2 N–H and O–H groups in total. The van der Waals surface area contributed by atoms with Crippen LogP contribution in [0.25, 0.3) is 10.2 Å². The lowest BCUT2D eigenvalue weighted by Gasteiger charge is -2.30. The Labute approximate surface area is 183 Å². The van der Waals surface area contributed by atoms with Gasteiger partial charge in [0.1, 0.15) is 23.9 Å². The van der Waals surface area contributed by atoms with Crippen molar-refractivity contribution in [1.82, 2.24) is 9.97 Å². The highest BCUT2D eigenvalue weighted by Gasteiger charge is 2.26. The van der Waals surface area contributed by atoms with Crippen LogP contribution >= 0.6 is 11.3 Å². The largest absolute Gasteiger partial charge is 0.486 e. The van der Waals surface area contributed by atoms with Crippen LogP contribution < -0.4 is 19.7 Å². The van der Waals surface area contributed by atoms with Crippen molar-refractivity contribution in [1.29, 1.82) is 0 Å². The molecule has 1 aromatic carbocycles. The van der Waals surface area contributed by atoms with Crippen LogP contribution in [0.2, 0.25) is 0 Å². The highest BCUT2D eigenvalue weighted by molar-refractivity contribution is 7.18. The first-order valence-corrected chi connectivity index (χ1v) is 11.3. The van der Waals surface area contributed by atoms with E-state index in [-0.39, 0.29) is 5.92 Å². The molecule has 8 nitrogen and oxygen atoms in total. The fourth-order valence-corrected chi connectivity index (χ4v) is 4.89. The minimum Gasteiger partial charge on any atom is -0.486 e. The number of carbonyl (C=O) groups is 1. The van der Waals surface area contributed by atoms with E-state index < -0.39 is 5.97 Å². The van der Waals surface area contributed by atoms with E-state index in [1.165, 1.54) is 4.88 Å². The second-order valence-corrected chi connectivity index (χ2v) is 9.11. The molecule has 0 bridgehead atoms. The fourth-order valence-electron chi connectivity index (χ4n) is 4.02. The smallest absolute Gasteiger partial charge is 0.306 e. The van der Waals surface area contributed by atoms with Gasteiger partial charge in [0.15, 0.2) is 11.5 Å². The Morgan fingerprint density at radius 1 is 1.19 bits per heavy atom. The number of thiophene rings is 1. The van der Waals surface area contributed by atoms with Gasteiger partial charge in [0.25, 0.3) is 0 Å². The molecular weight excluding hydrogens is 416 g/mol. The zero-order valence-electron chi connectivity index (χ0n) is 17.3. The number of benzene rings is 1. The molecule has 2 aliphatic rings. The van der Waals surface area contributed by atoms with Gasteiger partial charge in [-0.05, 0) is 43.5 Å². The summed E-state index contributed by atoms with van der Waals surface area (Å²) in [6, 6.07) is 8.06. The Bertz CT molecular complexity index is 1120. The SMILES string of the molecule is Cc1cc2c(NCc3ccc4c(c3)OCCO4)nc(N3CCC(C(=O)O)CC3)nc2s1. The minimum atomic E-state index is -0.716. The van der Waals surface area contributed by atoms with Gasteiger partial charge in [-0.2, -0.15) is 4.98 Å². The standard InChI is InChI=1S/C22H24N4O4S/c1-13-10-16-19(23-12-14-2-3-17-18(11-14)30-9-8-29-17)24-22(25-20(16)31-13)26-6-4-15(5-7-26)21(27)28/h2-3,10-11,15H,4-9,12H2,1H3,(H,27,28)(H,23,24,25). The number of carboxylic acids is 1. The zero-order chi connectivity index (χ0) is 21.4. The first-order valence-electron chi connectivity index (χ1n) is 10.4. The summed E-state index contributed by atoms with van der Waals surface area (Å²) in [5.74, 6) is 2.00. The molecule has 0 saturated carbocycles. The Balaban J connectivity index is 1.38. The van der Waals surface area contributed by atoms with E-state index in [9.17, 15) is 9.90 Å². The lowest BCUT2D eigenvalue weighted by molar-refractivity contribution is -0.142. The Hall–Kier alpha value is -3.07. The summed E-state index contributed by atoms with van der Waals surface area (Å²) in [5.41, 5.74) is 1.08. The fraction of sp³-hybridized carbons (Fsp3) is 0.409. The molecule has 0 amide bonds. The van der Waals surface area contributed by atoms with Crippen molar-refractivity contribution in [2.45, 2.75) is 26.3 Å². The summed E-state index contributed by atoms with van der Waals surface area (Å²) in [6.45, 7) is 5.09. The van der Waals surface area contributed by atoms with Crippen LogP contribution in [-0.2, 0) is 11.3 Å². The molecule has 0 aliphatic carbocycles. The number of aryl methyl sites for hydroxylation is 1. The van der Waals surface area contributed by atoms with E-state index >= 15 is 0 Å². The lowest BCUT2D eigenvalue weighted by atomic mass is 9.97. The third kappa shape index (κ3) is 4.10.